The average molecular weight is 543 g/mol. The van der Waals surface area contributed by atoms with Gasteiger partial charge >= 0.3 is 0 Å². The van der Waals surface area contributed by atoms with Gasteiger partial charge in [-0.25, -0.2) is 17.8 Å². The molecule has 0 amide bonds. The molecule has 0 radical (unpaired) electrons. The lowest BCUT2D eigenvalue weighted by Crippen LogP contribution is -2.31. The minimum absolute atomic E-state index is 0.0889. The molecule has 2 aliphatic heterocycles. The number of imidazole rings is 1. The second-order valence-corrected chi connectivity index (χ2v) is 12.7. The van der Waals surface area contributed by atoms with Gasteiger partial charge in [0.1, 0.15) is 17.4 Å². The molecule has 2 aromatic carbocycles. The highest BCUT2D eigenvalue weighted by Gasteiger charge is 2.35. The molecule has 6 rings (SSSR count). The van der Waals surface area contributed by atoms with Gasteiger partial charge in [-0.2, -0.15) is 0 Å². The van der Waals surface area contributed by atoms with Crippen molar-refractivity contribution in [1.82, 2.24) is 14.7 Å². The van der Waals surface area contributed by atoms with Gasteiger partial charge in [-0.3, -0.25) is 0 Å². The van der Waals surface area contributed by atoms with Gasteiger partial charge in [0.25, 0.3) is 0 Å². The van der Waals surface area contributed by atoms with Crippen LogP contribution in [0.15, 0.2) is 40.9 Å². The van der Waals surface area contributed by atoms with E-state index in [2.05, 4.69) is 14.6 Å². The van der Waals surface area contributed by atoms with Gasteiger partial charge in [0, 0.05) is 23.8 Å². The Balaban J connectivity index is 1.51. The maximum atomic E-state index is 14.4. The average Bonchev–Trinajstić information content (AvgIpc) is 3.56. The Morgan fingerprint density at radius 2 is 1.95 bits per heavy atom. The molecule has 4 heterocycles. The van der Waals surface area contributed by atoms with Crippen LogP contribution in [-0.4, -0.2) is 41.2 Å². The summed E-state index contributed by atoms with van der Waals surface area (Å²) in [5.74, 6) is 1.42. The summed E-state index contributed by atoms with van der Waals surface area (Å²) in [6.07, 6.45) is 3.15. The first-order valence-electron chi connectivity index (χ1n) is 12.6. The standard InChI is InChI=1S/C27H28ClFN4O3S/c1-16-26(17(2)36-31-16)18-7-10-24-23(13-18)30-27(33(24)20-5-4-12-37(34,35)15-20)25-6-3-11-32(25)19-8-9-21(28)22(29)14-19/h7-10,13-14,20,25H,3-6,11-12,15H2,1-2H3/t20?,25-/m0/s1. The number of benzene rings is 2. The van der Waals surface area contributed by atoms with E-state index in [4.69, 9.17) is 21.1 Å². The summed E-state index contributed by atoms with van der Waals surface area (Å²) < 4.78 is 47.2. The van der Waals surface area contributed by atoms with E-state index in [1.54, 1.807) is 6.07 Å². The largest absolute Gasteiger partial charge is 0.361 e. The number of nitrogens with zero attached hydrogens (tertiary/aromatic N) is 4. The molecular formula is C27H28ClFN4O3S. The second-order valence-electron chi connectivity index (χ2n) is 10.1. The minimum atomic E-state index is -3.14. The SMILES string of the molecule is Cc1noc(C)c1-c1ccc2c(c1)nc([C@@H]1CCCN1c1ccc(Cl)c(F)c1)n2C1CCCS(=O)(=O)C1. The summed E-state index contributed by atoms with van der Waals surface area (Å²) in [4.78, 5) is 7.28. The molecular weight excluding hydrogens is 515 g/mol. The third kappa shape index (κ3) is 4.32. The van der Waals surface area contributed by atoms with E-state index in [-0.39, 0.29) is 28.6 Å². The van der Waals surface area contributed by atoms with E-state index >= 15 is 0 Å². The molecule has 1 unspecified atom stereocenters. The van der Waals surface area contributed by atoms with Crippen molar-refractivity contribution in [1.29, 1.82) is 0 Å². The molecule has 2 atom stereocenters. The number of rotatable bonds is 4. The van der Waals surface area contributed by atoms with Crippen molar-refractivity contribution in [2.75, 3.05) is 23.0 Å². The molecule has 0 aliphatic carbocycles. The molecule has 2 fully saturated rings. The van der Waals surface area contributed by atoms with Gasteiger partial charge in [0.2, 0.25) is 0 Å². The van der Waals surface area contributed by atoms with Crippen molar-refractivity contribution in [3.05, 3.63) is 64.5 Å². The normalized spacial score (nSPS) is 21.7. The summed E-state index contributed by atoms with van der Waals surface area (Å²) >= 11 is 5.95. The van der Waals surface area contributed by atoms with Crippen LogP contribution in [-0.2, 0) is 9.84 Å². The third-order valence-electron chi connectivity index (χ3n) is 7.63. The number of aryl methyl sites for hydroxylation is 2. The second kappa shape index (κ2) is 9.13. The van der Waals surface area contributed by atoms with Crippen LogP contribution in [0.1, 0.15) is 55.0 Å². The molecule has 0 bridgehead atoms. The molecule has 0 spiro atoms. The zero-order chi connectivity index (χ0) is 25.9. The van der Waals surface area contributed by atoms with Gasteiger partial charge in [-0.05, 0) is 75.4 Å². The van der Waals surface area contributed by atoms with Crippen molar-refractivity contribution in [2.24, 2.45) is 0 Å². The fourth-order valence-corrected chi connectivity index (χ4v) is 7.79. The molecule has 10 heteroatoms. The monoisotopic (exact) mass is 542 g/mol. The van der Waals surface area contributed by atoms with Gasteiger partial charge in [0.15, 0.2) is 9.84 Å². The van der Waals surface area contributed by atoms with Crippen LogP contribution in [0.5, 0.6) is 0 Å². The van der Waals surface area contributed by atoms with Crippen molar-refractivity contribution in [3.8, 4) is 11.1 Å². The van der Waals surface area contributed by atoms with Crippen molar-refractivity contribution in [2.45, 2.75) is 51.6 Å². The molecule has 2 aromatic heterocycles. The Bertz CT molecular complexity index is 1590. The number of fused-ring (bicyclic) bond motifs is 1. The Hall–Kier alpha value is -2.91. The van der Waals surface area contributed by atoms with E-state index in [1.165, 1.54) is 6.07 Å². The molecule has 0 N–H and O–H groups in total. The molecule has 37 heavy (non-hydrogen) atoms. The van der Waals surface area contributed by atoms with E-state index in [0.717, 1.165) is 70.9 Å². The van der Waals surface area contributed by atoms with Crippen molar-refractivity contribution < 1.29 is 17.3 Å². The van der Waals surface area contributed by atoms with E-state index < -0.39 is 15.7 Å². The van der Waals surface area contributed by atoms with Gasteiger partial charge in [-0.1, -0.05) is 22.8 Å². The molecule has 2 aliphatic rings. The van der Waals surface area contributed by atoms with Crippen LogP contribution in [0.2, 0.25) is 5.02 Å². The van der Waals surface area contributed by atoms with Crippen LogP contribution >= 0.6 is 11.6 Å². The summed E-state index contributed by atoms with van der Waals surface area (Å²) in [5.41, 5.74) is 5.15. The summed E-state index contributed by atoms with van der Waals surface area (Å²) in [7, 11) is -3.14. The fourth-order valence-electron chi connectivity index (χ4n) is 6.00. The maximum Gasteiger partial charge on any atom is 0.152 e. The third-order valence-corrected chi connectivity index (χ3v) is 9.74. The van der Waals surface area contributed by atoms with Crippen LogP contribution in [0.4, 0.5) is 10.1 Å². The van der Waals surface area contributed by atoms with Crippen LogP contribution in [0.3, 0.4) is 0 Å². The van der Waals surface area contributed by atoms with Gasteiger partial charge in [0.05, 0.1) is 39.3 Å². The van der Waals surface area contributed by atoms with Crippen LogP contribution < -0.4 is 4.90 Å². The summed E-state index contributed by atoms with van der Waals surface area (Å²) in [6, 6.07) is 10.6. The molecule has 194 valence electrons. The maximum absolute atomic E-state index is 14.4. The number of anilines is 1. The van der Waals surface area contributed by atoms with Gasteiger partial charge < -0.3 is 14.0 Å². The lowest BCUT2D eigenvalue weighted by molar-refractivity contribution is 0.393. The Morgan fingerprint density at radius 1 is 1.11 bits per heavy atom. The Kier molecular flexibility index (Phi) is 6.03. The number of hydrogen-bond acceptors (Lipinski definition) is 6. The topological polar surface area (TPSA) is 81.2 Å². The van der Waals surface area contributed by atoms with Crippen molar-refractivity contribution >= 4 is 38.2 Å². The van der Waals surface area contributed by atoms with Crippen LogP contribution in [0, 0.1) is 19.7 Å². The first kappa shape index (κ1) is 24.4. The van der Waals surface area contributed by atoms with Crippen molar-refractivity contribution in [3.63, 3.8) is 0 Å². The number of sulfone groups is 1. The lowest BCUT2D eigenvalue weighted by Gasteiger charge is -2.31. The Labute approximate surface area is 220 Å². The highest BCUT2D eigenvalue weighted by molar-refractivity contribution is 7.91. The first-order chi connectivity index (χ1) is 17.7. The smallest absolute Gasteiger partial charge is 0.152 e. The lowest BCUT2D eigenvalue weighted by atomic mass is 10.0. The minimum Gasteiger partial charge on any atom is -0.361 e. The molecule has 7 nitrogen and oxygen atoms in total. The highest BCUT2D eigenvalue weighted by atomic mass is 35.5. The van der Waals surface area contributed by atoms with Crippen LogP contribution in [0.25, 0.3) is 22.2 Å². The fraction of sp³-hybridized carbons (Fsp3) is 0.407. The Morgan fingerprint density at radius 3 is 2.68 bits per heavy atom. The molecule has 0 saturated carbocycles. The number of aromatic nitrogens is 3. The number of hydrogen-bond donors (Lipinski definition) is 0. The molecule has 2 saturated heterocycles. The zero-order valence-electron chi connectivity index (χ0n) is 20.7. The van der Waals surface area contributed by atoms with E-state index in [9.17, 15) is 12.8 Å². The zero-order valence-corrected chi connectivity index (χ0v) is 22.3. The predicted molar refractivity (Wildman–Crippen MR) is 142 cm³/mol. The number of halogens is 2. The summed E-state index contributed by atoms with van der Waals surface area (Å²) in [6.45, 7) is 4.55. The first-order valence-corrected chi connectivity index (χ1v) is 14.8. The quantitative estimate of drug-likeness (QED) is 0.306. The highest BCUT2D eigenvalue weighted by Crippen LogP contribution is 2.41. The molecule has 4 aromatic rings. The van der Waals surface area contributed by atoms with Gasteiger partial charge in [-0.15, -0.1) is 0 Å². The van der Waals surface area contributed by atoms with E-state index in [0.29, 0.717) is 6.42 Å². The van der Waals surface area contributed by atoms with E-state index in [1.807, 2.05) is 38.1 Å². The summed E-state index contributed by atoms with van der Waals surface area (Å²) in [5, 5.41) is 4.18. The predicted octanol–water partition coefficient (Wildman–Crippen LogP) is 6.19.